The van der Waals surface area contributed by atoms with Crippen LogP contribution in [0.2, 0.25) is 0 Å². The number of likely N-dealkylation sites (N-methyl/N-ethyl adjacent to an activating group) is 1. The molecular formula is C19H29N5O. The average Bonchev–Trinajstić information content (AvgIpc) is 3.34. The summed E-state index contributed by atoms with van der Waals surface area (Å²) in [6.45, 7) is 12.6. The van der Waals surface area contributed by atoms with Gasteiger partial charge in [0.05, 0.1) is 22.2 Å². The Morgan fingerprint density at radius 2 is 2.04 bits per heavy atom. The van der Waals surface area contributed by atoms with E-state index in [0.717, 1.165) is 48.4 Å². The molecule has 0 aromatic carbocycles. The number of fused-ring (bicyclic) bond motifs is 1. The van der Waals surface area contributed by atoms with E-state index < -0.39 is 0 Å². The van der Waals surface area contributed by atoms with E-state index in [9.17, 15) is 4.79 Å². The van der Waals surface area contributed by atoms with Crippen LogP contribution >= 0.6 is 0 Å². The molecule has 0 saturated heterocycles. The number of nitrogens with one attached hydrogen (secondary N) is 2. The van der Waals surface area contributed by atoms with Gasteiger partial charge in [0.15, 0.2) is 5.65 Å². The first-order chi connectivity index (χ1) is 11.8. The van der Waals surface area contributed by atoms with E-state index in [-0.39, 0.29) is 11.4 Å². The van der Waals surface area contributed by atoms with Gasteiger partial charge in [-0.1, -0.05) is 6.92 Å². The molecule has 2 heterocycles. The summed E-state index contributed by atoms with van der Waals surface area (Å²) in [7, 11) is 0. The highest BCUT2D eigenvalue weighted by molar-refractivity contribution is 6.06. The summed E-state index contributed by atoms with van der Waals surface area (Å²) in [6, 6.07) is 1.98. The van der Waals surface area contributed by atoms with Crippen LogP contribution in [0.3, 0.4) is 0 Å². The van der Waals surface area contributed by atoms with Crippen molar-refractivity contribution in [2.45, 2.75) is 58.9 Å². The number of carbonyl (C=O) groups is 1. The summed E-state index contributed by atoms with van der Waals surface area (Å²) >= 11 is 0. The first-order valence-corrected chi connectivity index (χ1v) is 9.22. The zero-order valence-electron chi connectivity index (χ0n) is 15.9. The van der Waals surface area contributed by atoms with E-state index in [1.165, 1.54) is 0 Å². The van der Waals surface area contributed by atoms with Gasteiger partial charge >= 0.3 is 0 Å². The molecule has 0 atom stereocenters. The van der Waals surface area contributed by atoms with E-state index in [4.69, 9.17) is 10.1 Å². The number of nitrogens with zero attached hydrogens (tertiary/aromatic N) is 3. The van der Waals surface area contributed by atoms with Crippen molar-refractivity contribution in [1.82, 2.24) is 25.4 Å². The predicted octanol–water partition coefficient (Wildman–Crippen LogP) is 2.71. The fraction of sp³-hybridized carbons (Fsp3) is 0.632. The van der Waals surface area contributed by atoms with E-state index in [1.807, 2.05) is 17.7 Å². The molecule has 0 aliphatic heterocycles. The van der Waals surface area contributed by atoms with Gasteiger partial charge in [0.1, 0.15) is 0 Å². The maximum atomic E-state index is 12.8. The number of aromatic nitrogens is 3. The molecule has 0 radical (unpaired) electrons. The number of amides is 1. The Labute approximate surface area is 149 Å². The van der Waals surface area contributed by atoms with E-state index >= 15 is 0 Å². The zero-order valence-corrected chi connectivity index (χ0v) is 15.9. The lowest BCUT2D eigenvalue weighted by molar-refractivity contribution is 0.0955. The first kappa shape index (κ1) is 17.9. The second-order valence-corrected chi connectivity index (χ2v) is 7.85. The second-order valence-electron chi connectivity index (χ2n) is 7.85. The van der Waals surface area contributed by atoms with Crippen molar-refractivity contribution in [2.75, 3.05) is 19.6 Å². The van der Waals surface area contributed by atoms with Gasteiger partial charge in [0.25, 0.3) is 5.91 Å². The van der Waals surface area contributed by atoms with E-state index in [1.54, 1.807) is 0 Å². The van der Waals surface area contributed by atoms with Gasteiger partial charge in [0.2, 0.25) is 0 Å². The Morgan fingerprint density at radius 3 is 2.64 bits per heavy atom. The Bertz CT molecular complexity index is 783. The highest BCUT2D eigenvalue weighted by Gasteiger charge is 2.30. The molecule has 1 fully saturated rings. The first-order valence-electron chi connectivity index (χ1n) is 9.22. The van der Waals surface area contributed by atoms with Crippen molar-refractivity contribution in [3.8, 4) is 0 Å². The van der Waals surface area contributed by atoms with Gasteiger partial charge in [-0.3, -0.25) is 4.79 Å². The van der Waals surface area contributed by atoms with Crippen LogP contribution in [0.25, 0.3) is 11.0 Å². The van der Waals surface area contributed by atoms with Crippen LogP contribution in [0.1, 0.15) is 68.2 Å². The molecule has 1 aliphatic rings. The largest absolute Gasteiger partial charge is 0.351 e. The lowest BCUT2D eigenvalue weighted by Crippen LogP contribution is -2.32. The Kier molecular flexibility index (Phi) is 4.82. The van der Waals surface area contributed by atoms with Crippen molar-refractivity contribution >= 4 is 16.9 Å². The van der Waals surface area contributed by atoms with Crippen LogP contribution in [0, 0.1) is 6.92 Å². The average molecular weight is 343 g/mol. The van der Waals surface area contributed by atoms with Crippen LogP contribution in [-0.2, 0) is 5.54 Å². The predicted molar refractivity (Wildman–Crippen MR) is 100 cm³/mol. The lowest BCUT2D eigenvalue weighted by atomic mass is 10.1. The third kappa shape index (κ3) is 3.68. The van der Waals surface area contributed by atoms with Crippen LogP contribution in [-0.4, -0.2) is 40.3 Å². The molecule has 2 aromatic heterocycles. The smallest absolute Gasteiger partial charge is 0.252 e. The number of hydrogen-bond acceptors (Lipinski definition) is 4. The van der Waals surface area contributed by atoms with Crippen molar-refractivity contribution in [2.24, 2.45) is 0 Å². The molecule has 1 amide bonds. The fourth-order valence-corrected chi connectivity index (χ4v) is 3.08. The molecule has 0 unspecified atom stereocenters. The minimum absolute atomic E-state index is 0.0382. The quantitative estimate of drug-likeness (QED) is 0.791. The minimum atomic E-state index is -0.180. The van der Waals surface area contributed by atoms with Crippen molar-refractivity contribution in [3.63, 3.8) is 0 Å². The van der Waals surface area contributed by atoms with Gasteiger partial charge in [-0.2, -0.15) is 5.10 Å². The molecule has 1 aliphatic carbocycles. The monoisotopic (exact) mass is 343 g/mol. The molecule has 1 saturated carbocycles. The standard InChI is InChI=1S/C19H29N5O/c1-6-20-9-10-21-18(25)14-11-15(13-7-8-13)22-17-16(14)12(2)23-24(17)19(3,4)5/h11,13,20H,6-10H2,1-5H3,(H,21,25). The van der Waals surface area contributed by atoms with Crippen LogP contribution < -0.4 is 10.6 Å². The molecule has 0 bridgehead atoms. The van der Waals surface area contributed by atoms with Crippen LogP contribution in [0.4, 0.5) is 0 Å². The fourth-order valence-electron chi connectivity index (χ4n) is 3.08. The minimum Gasteiger partial charge on any atom is -0.351 e. The number of carbonyl (C=O) groups excluding carboxylic acids is 1. The Balaban J connectivity index is 2.04. The molecule has 2 aromatic rings. The molecule has 136 valence electrons. The highest BCUT2D eigenvalue weighted by Crippen LogP contribution is 2.40. The van der Waals surface area contributed by atoms with Crippen molar-refractivity contribution < 1.29 is 4.79 Å². The third-order valence-electron chi connectivity index (χ3n) is 4.55. The van der Waals surface area contributed by atoms with Crippen LogP contribution in [0.5, 0.6) is 0 Å². The summed E-state index contributed by atoms with van der Waals surface area (Å²) in [4.78, 5) is 17.7. The van der Waals surface area contributed by atoms with Gasteiger partial charge in [0, 0.05) is 24.7 Å². The third-order valence-corrected chi connectivity index (χ3v) is 4.55. The molecule has 25 heavy (non-hydrogen) atoms. The summed E-state index contributed by atoms with van der Waals surface area (Å²) < 4.78 is 1.96. The molecular weight excluding hydrogens is 314 g/mol. The lowest BCUT2D eigenvalue weighted by Gasteiger charge is -2.20. The maximum absolute atomic E-state index is 12.8. The Hall–Kier alpha value is -1.95. The summed E-state index contributed by atoms with van der Waals surface area (Å²) in [5.41, 5.74) is 3.23. The maximum Gasteiger partial charge on any atom is 0.252 e. The SMILES string of the molecule is CCNCCNC(=O)c1cc(C2CC2)nc2c1c(C)nn2C(C)(C)C. The highest BCUT2D eigenvalue weighted by atomic mass is 16.1. The summed E-state index contributed by atoms with van der Waals surface area (Å²) in [5, 5.41) is 11.8. The van der Waals surface area contributed by atoms with E-state index in [2.05, 4.69) is 38.3 Å². The zero-order chi connectivity index (χ0) is 18.2. The molecule has 3 rings (SSSR count). The summed E-state index contributed by atoms with van der Waals surface area (Å²) in [6.07, 6.45) is 2.31. The molecule has 6 heteroatoms. The van der Waals surface area contributed by atoms with Gasteiger partial charge < -0.3 is 10.6 Å². The van der Waals surface area contributed by atoms with Crippen molar-refractivity contribution in [1.29, 1.82) is 0 Å². The molecule has 2 N–H and O–H groups in total. The van der Waals surface area contributed by atoms with Crippen molar-refractivity contribution in [3.05, 3.63) is 23.0 Å². The normalized spacial score (nSPS) is 14.9. The van der Waals surface area contributed by atoms with Gasteiger partial charge in [-0.05, 0) is 53.1 Å². The topological polar surface area (TPSA) is 71.8 Å². The van der Waals surface area contributed by atoms with Crippen LogP contribution in [0.15, 0.2) is 6.07 Å². The molecule has 0 spiro atoms. The Morgan fingerprint density at radius 1 is 1.32 bits per heavy atom. The van der Waals surface area contributed by atoms with E-state index in [0.29, 0.717) is 18.0 Å². The number of hydrogen-bond donors (Lipinski definition) is 2. The summed E-state index contributed by atoms with van der Waals surface area (Å²) in [5.74, 6) is 0.449. The number of pyridine rings is 1. The number of rotatable bonds is 6. The van der Waals surface area contributed by atoms with Gasteiger partial charge in [-0.15, -0.1) is 0 Å². The molecule has 6 nitrogen and oxygen atoms in total. The number of aryl methyl sites for hydroxylation is 1. The second kappa shape index (κ2) is 6.75. The van der Waals surface area contributed by atoms with Gasteiger partial charge in [-0.25, -0.2) is 9.67 Å².